The highest BCUT2D eigenvalue weighted by atomic mass is 16.6. The summed E-state index contributed by atoms with van der Waals surface area (Å²) in [7, 11) is 0. The van der Waals surface area contributed by atoms with Crippen LogP contribution in [-0.2, 0) is 4.74 Å². The number of rotatable bonds is 1. The lowest BCUT2D eigenvalue weighted by molar-refractivity contribution is 0.0281. The Morgan fingerprint density at radius 3 is 2.33 bits per heavy atom. The summed E-state index contributed by atoms with van der Waals surface area (Å²) >= 11 is 0. The number of carbonyl (C=O) groups is 1. The Balaban J connectivity index is 1.82. The average Bonchev–Trinajstić information content (AvgIpc) is 2.77. The van der Waals surface area contributed by atoms with Crippen LogP contribution >= 0.6 is 0 Å². The fraction of sp³-hybridized carbons (Fsp3) is 0.933. The molecular weight excluding hydrogens is 226 g/mol. The van der Waals surface area contributed by atoms with E-state index in [2.05, 4.69) is 0 Å². The summed E-state index contributed by atoms with van der Waals surface area (Å²) in [4.78, 5) is 13.9. The Bertz CT molecular complexity index is 289. The first-order valence-electron chi connectivity index (χ1n) is 7.43. The zero-order valence-corrected chi connectivity index (χ0v) is 12.1. The Labute approximate surface area is 111 Å². The van der Waals surface area contributed by atoms with Crippen molar-refractivity contribution < 1.29 is 9.53 Å². The zero-order valence-electron chi connectivity index (χ0n) is 12.1. The number of carbonyl (C=O) groups excluding carboxylic acids is 1. The number of hydrogen-bond acceptors (Lipinski definition) is 2. The molecule has 1 amide bonds. The second-order valence-corrected chi connectivity index (χ2v) is 6.87. The van der Waals surface area contributed by atoms with Gasteiger partial charge in [-0.25, -0.2) is 4.79 Å². The lowest BCUT2D eigenvalue weighted by Crippen LogP contribution is -2.35. The molecule has 0 N–H and O–H groups in total. The quantitative estimate of drug-likeness (QED) is 0.711. The molecule has 1 heterocycles. The molecule has 0 bridgehead atoms. The maximum Gasteiger partial charge on any atom is 0.410 e. The molecule has 1 saturated carbocycles. The molecule has 1 saturated heterocycles. The van der Waals surface area contributed by atoms with E-state index >= 15 is 0 Å². The highest BCUT2D eigenvalue weighted by Gasteiger charge is 2.34. The van der Waals surface area contributed by atoms with Gasteiger partial charge in [-0.3, -0.25) is 0 Å². The largest absolute Gasteiger partial charge is 0.444 e. The summed E-state index contributed by atoms with van der Waals surface area (Å²) < 4.78 is 5.44. The average molecular weight is 253 g/mol. The van der Waals surface area contributed by atoms with Crippen LogP contribution in [0.1, 0.15) is 59.3 Å². The van der Waals surface area contributed by atoms with Crippen molar-refractivity contribution in [1.29, 1.82) is 0 Å². The van der Waals surface area contributed by atoms with Crippen molar-refractivity contribution in [3.8, 4) is 0 Å². The number of ether oxygens (including phenoxy) is 1. The van der Waals surface area contributed by atoms with Crippen LogP contribution in [0.25, 0.3) is 0 Å². The lowest BCUT2D eigenvalue weighted by Gasteiger charge is -2.28. The van der Waals surface area contributed by atoms with E-state index in [0.717, 1.165) is 24.9 Å². The molecule has 1 aliphatic carbocycles. The van der Waals surface area contributed by atoms with Crippen molar-refractivity contribution >= 4 is 6.09 Å². The third kappa shape index (κ3) is 3.63. The molecule has 3 heteroatoms. The predicted molar refractivity (Wildman–Crippen MR) is 72.5 cm³/mol. The SMILES string of the molecule is CC(C)(C)OC(=O)N1CC[C@H](C2CCCCC2)C1. The summed E-state index contributed by atoms with van der Waals surface area (Å²) in [6.45, 7) is 7.59. The van der Waals surface area contributed by atoms with Crippen LogP contribution in [-0.4, -0.2) is 29.7 Å². The van der Waals surface area contributed by atoms with Gasteiger partial charge >= 0.3 is 6.09 Å². The maximum atomic E-state index is 12.0. The van der Waals surface area contributed by atoms with Gasteiger partial charge in [0.25, 0.3) is 0 Å². The first kappa shape index (κ1) is 13.7. The van der Waals surface area contributed by atoms with E-state index in [1.54, 1.807) is 0 Å². The minimum atomic E-state index is -0.375. The Kier molecular flexibility index (Phi) is 4.18. The number of hydrogen-bond donors (Lipinski definition) is 0. The third-order valence-electron chi connectivity index (χ3n) is 4.19. The summed E-state index contributed by atoms with van der Waals surface area (Å²) in [5.41, 5.74) is -0.375. The van der Waals surface area contributed by atoms with Crippen LogP contribution in [0.3, 0.4) is 0 Å². The molecule has 2 rings (SSSR count). The van der Waals surface area contributed by atoms with Crippen LogP contribution in [0.5, 0.6) is 0 Å². The van der Waals surface area contributed by atoms with Gasteiger partial charge < -0.3 is 9.64 Å². The minimum absolute atomic E-state index is 0.124. The molecule has 104 valence electrons. The first-order chi connectivity index (χ1) is 8.46. The van der Waals surface area contributed by atoms with Crippen LogP contribution in [0.4, 0.5) is 4.79 Å². The highest BCUT2D eigenvalue weighted by Crippen LogP contribution is 2.35. The Hall–Kier alpha value is -0.730. The van der Waals surface area contributed by atoms with E-state index in [4.69, 9.17) is 4.74 Å². The van der Waals surface area contributed by atoms with Gasteiger partial charge in [0, 0.05) is 13.1 Å². The normalized spacial score (nSPS) is 26.4. The van der Waals surface area contributed by atoms with Gasteiger partial charge in [0.1, 0.15) is 5.60 Å². The number of nitrogens with zero attached hydrogens (tertiary/aromatic N) is 1. The molecule has 0 aromatic carbocycles. The molecule has 0 aromatic heterocycles. The third-order valence-corrected chi connectivity index (χ3v) is 4.19. The second-order valence-electron chi connectivity index (χ2n) is 6.87. The molecule has 0 unspecified atom stereocenters. The molecule has 1 atom stereocenters. The van der Waals surface area contributed by atoms with Crippen LogP contribution in [0, 0.1) is 11.8 Å². The van der Waals surface area contributed by atoms with E-state index in [0.29, 0.717) is 0 Å². The van der Waals surface area contributed by atoms with Gasteiger partial charge in [0.15, 0.2) is 0 Å². The minimum Gasteiger partial charge on any atom is -0.444 e. The zero-order chi connectivity index (χ0) is 13.2. The van der Waals surface area contributed by atoms with Crippen LogP contribution in [0.2, 0.25) is 0 Å². The maximum absolute atomic E-state index is 12.0. The monoisotopic (exact) mass is 253 g/mol. The fourth-order valence-electron chi connectivity index (χ4n) is 3.27. The van der Waals surface area contributed by atoms with Gasteiger partial charge in [0.2, 0.25) is 0 Å². The van der Waals surface area contributed by atoms with Crippen LogP contribution in [0.15, 0.2) is 0 Å². The highest BCUT2D eigenvalue weighted by molar-refractivity contribution is 5.68. The molecule has 0 aromatic rings. The van der Waals surface area contributed by atoms with E-state index < -0.39 is 0 Å². The Morgan fingerprint density at radius 1 is 1.06 bits per heavy atom. The van der Waals surface area contributed by atoms with Gasteiger partial charge in [-0.05, 0) is 39.0 Å². The van der Waals surface area contributed by atoms with Crippen molar-refractivity contribution in [2.75, 3.05) is 13.1 Å². The van der Waals surface area contributed by atoms with Crippen molar-refractivity contribution in [2.45, 2.75) is 64.9 Å². The van der Waals surface area contributed by atoms with Crippen molar-refractivity contribution in [3.63, 3.8) is 0 Å². The standard InChI is InChI=1S/C15H27NO2/c1-15(2,3)18-14(17)16-10-9-13(11-16)12-7-5-4-6-8-12/h12-13H,4-11H2,1-3H3/t13-/m0/s1. The van der Waals surface area contributed by atoms with Crippen molar-refractivity contribution in [3.05, 3.63) is 0 Å². The first-order valence-corrected chi connectivity index (χ1v) is 7.43. The van der Waals surface area contributed by atoms with Crippen LogP contribution < -0.4 is 0 Å². The Morgan fingerprint density at radius 2 is 1.72 bits per heavy atom. The molecule has 0 radical (unpaired) electrons. The van der Waals surface area contributed by atoms with Gasteiger partial charge in [-0.15, -0.1) is 0 Å². The van der Waals surface area contributed by atoms with E-state index in [1.807, 2.05) is 25.7 Å². The van der Waals surface area contributed by atoms with Crippen molar-refractivity contribution in [2.24, 2.45) is 11.8 Å². The van der Waals surface area contributed by atoms with Gasteiger partial charge in [-0.2, -0.15) is 0 Å². The lowest BCUT2D eigenvalue weighted by atomic mass is 9.80. The summed E-state index contributed by atoms with van der Waals surface area (Å²) in [5, 5.41) is 0. The topological polar surface area (TPSA) is 29.5 Å². The van der Waals surface area contributed by atoms with E-state index in [1.165, 1.54) is 38.5 Å². The van der Waals surface area contributed by atoms with Gasteiger partial charge in [-0.1, -0.05) is 32.1 Å². The number of amides is 1. The molecular formula is C15H27NO2. The smallest absolute Gasteiger partial charge is 0.410 e. The summed E-state index contributed by atoms with van der Waals surface area (Å²) in [6, 6.07) is 0. The molecule has 18 heavy (non-hydrogen) atoms. The van der Waals surface area contributed by atoms with Gasteiger partial charge in [0.05, 0.1) is 0 Å². The molecule has 1 aliphatic heterocycles. The second kappa shape index (κ2) is 5.50. The summed E-state index contributed by atoms with van der Waals surface area (Å²) in [6.07, 6.45) is 7.95. The molecule has 3 nitrogen and oxygen atoms in total. The van der Waals surface area contributed by atoms with Crippen molar-refractivity contribution in [1.82, 2.24) is 4.90 Å². The summed E-state index contributed by atoms with van der Waals surface area (Å²) in [5.74, 6) is 1.57. The molecule has 2 fully saturated rings. The molecule has 0 spiro atoms. The fourth-order valence-corrected chi connectivity index (χ4v) is 3.27. The van der Waals surface area contributed by atoms with E-state index in [9.17, 15) is 4.79 Å². The predicted octanol–water partition coefficient (Wildman–Crippen LogP) is 3.82. The number of likely N-dealkylation sites (tertiary alicyclic amines) is 1. The molecule has 2 aliphatic rings. The van der Waals surface area contributed by atoms with E-state index in [-0.39, 0.29) is 11.7 Å².